The van der Waals surface area contributed by atoms with Crippen LogP contribution < -0.4 is 20.5 Å². The van der Waals surface area contributed by atoms with Crippen molar-refractivity contribution in [3.05, 3.63) is 59.9 Å². The van der Waals surface area contributed by atoms with Crippen molar-refractivity contribution in [1.82, 2.24) is 19.9 Å². The molecule has 0 radical (unpaired) electrons. The van der Waals surface area contributed by atoms with Gasteiger partial charge in [-0.05, 0) is 49.2 Å². The summed E-state index contributed by atoms with van der Waals surface area (Å²) in [7, 11) is 0. The summed E-state index contributed by atoms with van der Waals surface area (Å²) >= 11 is 0. The van der Waals surface area contributed by atoms with Gasteiger partial charge in [0.2, 0.25) is 11.9 Å². The summed E-state index contributed by atoms with van der Waals surface area (Å²) in [4.78, 5) is 15.6. The number of likely N-dealkylation sites (tertiary alicyclic amines) is 1. The Hall–Kier alpha value is -3.39. The number of anilines is 3. The summed E-state index contributed by atoms with van der Waals surface area (Å²) in [5.41, 5.74) is 8.11. The van der Waals surface area contributed by atoms with Gasteiger partial charge in [-0.2, -0.15) is 15.0 Å². The number of nitrogens with zero attached hydrogens (tertiary/aromatic N) is 4. The highest BCUT2D eigenvalue weighted by molar-refractivity contribution is 5.53. The molecule has 0 aliphatic carbocycles. The summed E-state index contributed by atoms with van der Waals surface area (Å²) < 4.78 is 11.7. The van der Waals surface area contributed by atoms with E-state index in [4.69, 9.17) is 15.2 Å². The van der Waals surface area contributed by atoms with Gasteiger partial charge in [0.25, 0.3) is 0 Å². The second-order valence-corrected chi connectivity index (χ2v) is 7.81. The van der Waals surface area contributed by atoms with Crippen LogP contribution in [0.2, 0.25) is 0 Å². The molecule has 8 heteroatoms. The lowest BCUT2D eigenvalue weighted by atomic mass is 10.0. The molecular formula is C23H26N6O2. The van der Waals surface area contributed by atoms with E-state index in [1.807, 2.05) is 36.4 Å². The van der Waals surface area contributed by atoms with E-state index in [-0.39, 0.29) is 12.0 Å². The standard InChI is InChI=1S/C23H26N6O2/c24-22-26-21(27-23(28-22)25-17-6-2-1-3-7-17)15-29-11-4-8-18(29)16-9-10-19-20(14-16)31-13-5-12-30-19/h1-3,6-7,9-10,14,18H,4-5,8,11-13,15H2,(H3,24,25,26,27,28). The lowest BCUT2D eigenvalue weighted by molar-refractivity contribution is 0.241. The van der Waals surface area contributed by atoms with Gasteiger partial charge >= 0.3 is 0 Å². The molecule has 160 valence electrons. The topological polar surface area (TPSA) is 98.4 Å². The third-order valence-corrected chi connectivity index (χ3v) is 5.59. The predicted octanol–water partition coefficient (Wildman–Crippen LogP) is 3.70. The van der Waals surface area contributed by atoms with Gasteiger partial charge in [-0.25, -0.2) is 0 Å². The van der Waals surface area contributed by atoms with Gasteiger partial charge in [-0.3, -0.25) is 4.90 Å². The SMILES string of the molecule is Nc1nc(CN2CCCC2c2ccc3c(c2)OCCCO3)nc(Nc2ccccc2)n1. The fourth-order valence-electron chi connectivity index (χ4n) is 4.18. The highest BCUT2D eigenvalue weighted by atomic mass is 16.5. The van der Waals surface area contributed by atoms with E-state index in [0.29, 0.717) is 31.5 Å². The minimum Gasteiger partial charge on any atom is -0.490 e. The summed E-state index contributed by atoms with van der Waals surface area (Å²) in [6.45, 7) is 2.97. The normalized spacial score (nSPS) is 18.5. The predicted molar refractivity (Wildman–Crippen MR) is 118 cm³/mol. The number of fused-ring (bicyclic) bond motifs is 1. The van der Waals surface area contributed by atoms with Crippen molar-refractivity contribution in [2.45, 2.75) is 31.8 Å². The molecular weight excluding hydrogens is 392 g/mol. The molecule has 2 aromatic carbocycles. The smallest absolute Gasteiger partial charge is 0.232 e. The summed E-state index contributed by atoms with van der Waals surface area (Å²) in [6.07, 6.45) is 3.10. The Morgan fingerprint density at radius 2 is 1.81 bits per heavy atom. The first-order valence-corrected chi connectivity index (χ1v) is 10.7. The number of aromatic nitrogens is 3. The molecule has 0 bridgehead atoms. The molecule has 1 atom stereocenters. The van der Waals surface area contributed by atoms with Crippen LogP contribution in [0, 0.1) is 0 Å². The molecule has 31 heavy (non-hydrogen) atoms. The first kappa shape index (κ1) is 19.6. The van der Waals surface area contributed by atoms with E-state index in [9.17, 15) is 0 Å². The molecule has 3 N–H and O–H groups in total. The Morgan fingerprint density at radius 1 is 0.968 bits per heavy atom. The average molecular weight is 419 g/mol. The van der Waals surface area contributed by atoms with E-state index in [2.05, 4.69) is 37.3 Å². The average Bonchev–Trinajstić information content (AvgIpc) is 3.09. The van der Waals surface area contributed by atoms with Crippen LogP contribution in [-0.2, 0) is 6.54 Å². The van der Waals surface area contributed by atoms with Gasteiger partial charge < -0.3 is 20.5 Å². The Bertz CT molecular complexity index is 1050. The van der Waals surface area contributed by atoms with E-state index < -0.39 is 0 Å². The van der Waals surface area contributed by atoms with Crippen molar-refractivity contribution in [2.24, 2.45) is 0 Å². The maximum atomic E-state index is 5.97. The molecule has 5 rings (SSSR count). The van der Waals surface area contributed by atoms with E-state index in [1.54, 1.807) is 0 Å². The van der Waals surface area contributed by atoms with Crippen molar-refractivity contribution < 1.29 is 9.47 Å². The molecule has 2 aliphatic heterocycles. The Balaban J connectivity index is 1.34. The van der Waals surface area contributed by atoms with Crippen LogP contribution in [0.3, 0.4) is 0 Å². The molecule has 1 saturated heterocycles. The molecule has 1 fully saturated rings. The zero-order valence-corrected chi connectivity index (χ0v) is 17.3. The number of para-hydroxylation sites is 1. The molecule has 8 nitrogen and oxygen atoms in total. The molecule has 0 amide bonds. The summed E-state index contributed by atoms with van der Waals surface area (Å²) in [5, 5.41) is 3.20. The lowest BCUT2D eigenvalue weighted by Gasteiger charge is -2.25. The van der Waals surface area contributed by atoms with Crippen molar-refractivity contribution in [3.8, 4) is 11.5 Å². The van der Waals surface area contributed by atoms with Gasteiger partial charge in [0.1, 0.15) is 5.82 Å². The third-order valence-electron chi connectivity index (χ3n) is 5.59. The van der Waals surface area contributed by atoms with Gasteiger partial charge in [0.15, 0.2) is 11.5 Å². The van der Waals surface area contributed by atoms with Gasteiger partial charge in [0, 0.05) is 18.2 Å². The molecule has 3 aromatic rings. The number of hydrogen-bond acceptors (Lipinski definition) is 8. The Labute approximate surface area is 181 Å². The van der Waals surface area contributed by atoms with E-state index >= 15 is 0 Å². The Morgan fingerprint density at radius 3 is 2.68 bits per heavy atom. The van der Waals surface area contributed by atoms with Crippen LogP contribution in [0.15, 0.2) is 48.5 Å². The Kier molecular flexibility index (Phi) is 5.54. The van der Waals surface area contributed by atoms with Crippen molar-refractivity contribution in [1.29, 1.82) is 0 Å². The summed E-state index contributed by atoms with van der Waals surface area (Å²) in [5.74, 6) is 3.00. The van der Waals surface area contributed by atoms with E-state index in [1.165, 1.54) is 5.56 Å². The monoisotopic (exact) mass is 418 g/mol. The van der Waals surface area contributed by atoms with Crippen LogP contribution in [0.25, 0.3) is 0 Å². The molecule has 1 aromatic heterocycles. The number of nitrogens with two attached hydrogens (primary N) is 1. The highest BCUT2D eigenvalue weighted by Gasteiger charge is 2.28. The second-order valence-electron chi connectivity index (χ2n) is 7.81. The molecule has 0 spiro atoms. The number of ether oxygens (including phenoxy) is 2. The van der Waals surface area contributed by atoms with Crippen LogP contribution in [-0.4, -0.2) is 39.6 Å². The zero-order valence-electron chi connectivity index (χ0n) is 17.3. The lowest BCUT2D eigenvalue weighted by Crippen LogP contribution is -2.24. The maximum Gasteiger partial charge on any atom is 0.232 e. The molecule has 2 aliphatic rings. The first-order chi connectivity index (χ1) is 15.2. The first-order valence-electron chi connectivity index (χ1n) is 10.7. The van der Waals surface area contributed by atoms with Crippen LogP contribution >= 0.6 is 0 Å². The molecule has 1 unspecified atom stereocenters. The zero-order chi connectivity index (χ0) is 21.0. The van der Waals surface area contributed by atoms with E-state index in [0.717, 1.165) is 43.0 Å². The fraction of sp³-hybridized carbons (Fsp3) is 0.348. The number of nitrogens with one attached hydrogen (secondary N) is 1. The largest absolute Gasteiger partial charge is 0.490 e. The quantitative estimate of drug-likeness (QED) is 0.647. The van der Waals surface area contributed by atoms with Crippen molar-refractivity contribution in [2.75, 3.05) is 30.8 Å². The minimum absolute atomic E-state index is 0.217. The van der Waals surface area contributed by atoms with Crippen molar-refractivity contribution in [3.63, 3.8) is 0 Å². The maximum absolute atomic E-state index is 5.97. The van der Waals surface area contributed by atoms with Gasteiger partial charge in [-0.1, -0.05) is 24.3 Å². The number of benzene rings is 2. The van der Waals surface area contributed by atoms with Crippen molar-refractivity contribution >= 4 is 17.6 Å². The second kappa shape index (κ2) is 8.77. The molecule has 0 saturated carbocycles. The third kappa shape index (κ3) is 4.54. The van der Waals surface area contributed by atoms with Gasteiger partial charge in [-0.15, -0.1) is 0 Å². The van der Waals surface area contributed by atoms with Crippen LogP contribution in [0.1, 0.15) is 36.7 Å². The number of rotatable bonds is 5. The van der Waals surface area contributed by atoms with Crippen LogP contribution in [0.5, 0.6) is 11.5 Å². The number of hydrogen-bond donors (Lipinski definition) is 2. The summed E-state index contributed by atoms with van der Waals surface area (Å²) in [6, 6.07) is 16.4. The molecule has 3 heterocycles. The highest BCUT2D eigenvalue weighted by Crippen LogP contribution is 2.38. The van der Waals surface area contributed by atoms with Crippen LogP contribution in [0.4, 0.5) is 17.6 Å². The minimum atomic E-state index is 0.217. The number of nitrogen functional groups attached to an aromatic ring is 1. The fourth-order valence-corrected chi connectivity index (χ4v) is 4.18. The van der Waals surface area contributed by atoms with Gasteiger partial charge in [0.05, 0.1) is 19.8 Å².